The highest BCUT2D eigenvalue weighted by atomic mass is 16.5. The molecular weight excluding hydrogens is 228 g/mol. The fourth-order valence-electron chi connectivity index (χ4n) is 1.96. The second-order valence-corrected chi connectivity index (χ2v) is 4.22. The molecule has 0 fully saturated rings. The predicted molar refractivity (Wildman–Crippen MR) is 71.7 cm³/mol. The van der Waals surface area contributed by atoms with Crippen LogP contribution in [0.3, 0.4) is 0 Å². The molecular formula is C14H18N2O2. The SMILES string of the molecule is CCOC(C)CNC(=O)c1cccc2[nH]ccc12. The van der Waals surface area contributed by atoms with Gasteiger partial charge in [-0.2, -0.15) is 0 Å². The first-order valence-electron chi connectivity index (χ1n) is 6.18. The number of aromatic nitrogens is 1. The first-order valence-corrected chi connectivity index (χ1v) is 6.18. The monoisotopic (exact) mass is 246 g/mol. The third kappa shape index (κ3) is 2.71. The number of benzene rings is 1. The van der Waals surface area contributed by atoms with Crippen molar-refractivity contribution in [3.8, 4) is 0 Å². The van der Waals surface area contributed by atoms with Gasteiger partial charge in [0.25, 0.3) is 5.91 Å². The fraction of sp³-hybridized carbons (Fsp3) is 0.357. The second-order valence-electron chi connectivity index (χ2n) is 4.22. The van der Waals surface area contributed by atoms with E-state index in [1.165, 1.54) is 0 Å². The van der Waals surface area contributed by atoms with E-state index in [9.17, 15) is 4.79 Å². The van der Waals surface area contributed by atoms with Gasteiger partial charge in [-0.25, -0.2) is 0 Å². The largest absolute Gasteiger partial charge is 0.377 e. The molecule has 1 aromatic carbocycles. The molecule has 0 radical (unpaired) electrons. The Morgan fingerprint density at radius 1 is 1.44 bits per heavy atom. The quantitative estimate of drug-likeness (QED) is 0.850. The molecule has 18 heavy (non-hydrogen) atoms. The average molecular weight is 246 g/mol. The summed E-state index contributed by atoms with van der Waals surface area (Å²) < 4.78 is 5.38. The number of hydrogen-bond donors (Lipinski definition) is 2. The lowest BCUT2D eigenvalue weighted by Crippen LogP contribution is -2.32. The zero-order chi connectivity index (χ0) is 13.0. The van der Waals surface area contributed by atoms with E-state index in [-0.39, 0.29) is 12.0 Å². The van der Waals surface area contributed by atoms with Gasteiger partial charge in [-0.1, -0.05) is 6.07 Å². The van der Waals surface area contributed by atoms with Crippen LogP contribution in [0.1, 0.15) is 24.2 Å². The van der Waals surface area contributed by atoms with E-state index in [4.69, 9.17) is 4.74 Å². The van der Waals surface area contributed by atoms with Crippen molar-refractivity contribution in [3.05, 3.63) is 36.0 Å². The molecule has 2 rings (SSSR count). The van der Waals surface area contributed by atoms with Crippen LogP contribution in [-0.4, -0.2) is 30.1 Å². The molecule has 1 atom stereocenters. The smallest absolute Gasteiger partial charge is 0.252 e. The molecule has 96 valence electrons. The Balaban J connectivity index is 2.07. The van der Waals surface area contributed by atoms with Gasteiger partial charge in [0.15, 0.2) is 0 Å². The van der Waals surface area contributed by atoms with E-state index in [0.29, 0.717) is 18.7 Å². The summed E-state index contributed by atoms with van der Waals surface area (Å²) in [5.41, 5.74) is 1.66. The summed E-state index contributed by atoms with van der Waals surface area (Å²) in [5.74, 6) is -0.0632. The van der Waals surface area contributed by atoms with E-state index in [2.05, 4.69) is 10.3 Å². The van der Waals surface area contributed by atoms with E-state index in [1.54, 1.807) is 0 Å². The Hall–Kier alpha value is -1.81. The molecule has 4 heteroatoms. The fourth-order valence-corrected chi connectivity index (χ4v) is 1.96. The lowest BCUT2D eigenvalue weighted by atomic mass is 10.1. The standard InChI is InChI=1S/C14H18N2O2/c1-3-18-10(2)9-16-14(17)12-5-4-6-13-11(12)7-8-15-13/h4-8,10,15H,3,9H2,1-2H3,(H,16,17). The van der Waals surface area contributed by atoms with E-state index >= 15 is 0 Å². The molecule has 0 bridgehead atoms. The van der Waals surface area contributed by atoms with Gasteiger partial charge in [0.2, 0.25) is 0 Å². The van der Waals surface area contributed by atoms with Crippen molar-refractivity contribution in [2.75, 3.05) is 13.2 Å². The van der Waals surface area contributed by atoms with Gasteiger partial charge in [0.1, 0.15) is 0 Å². The van der Waals surface area contributed by atoms with Crippen LogP contribution in [0.5, 0.6) is 0 Å². The van der Waals surface area contributed by atoms with E-state index in [0.717, 1.165) is 10.9 Å². The van der Waals surface area contributed by atoms with Crippen molar-refractivity contribution in [1.29, 1.82) is 0 Å². The van der Waals surface area contributed by atoms with Crippen molar-refractivity contribution in [2.24, 2.45) is 0 Å². The van der Waals surface area contributed by atoms with Gasteiger partial charge in [-0.15, -0.1) is 0 Å². The van der Waals surface area contributed by atoms with Crippen LogP contribution in [0, 0.1) is 0 Å². The van der Waals surface area contributed by atoms with Crippen LogP contribution in [0.15, 0.2) is 30.5 Å². The number of rotatable bonds is 5. The normalized spacial score (nSPS) is 12.6. The Labute approximate surface area is 106 Å². The van der Waals surface area contributed by atoms with Gasteiger partial charge >= 0.3 is 0 Å². The van der Waals surface area contributed by atoms with Crippen molar-refractivity contribution >= 4 is 16.8 Å². The molecule has 1 unspecified atom stereocenters. The van der Waals surface area contributed by atoms with Gasteiger partial charge in [-0.3, -0.25) is 4.79 Å². The zero-order valence-corrected chi connectivity index (χ0v) is 10.7. The van der Waals surface area contributed by atoms with Crippen molar-refractivity contribution in [1.82, 2.24) is 10.3 Å². The molecule has 2 aromatic rings. The van der Waals surface area contributed by atoms with Gasteiger partial charge in [0.05, 0.1) is 6.10 Å². The minimum Gasteiger partial charge on any atom is -0.377 e. The summed E-state index contributed by atoms with van der Waals surface area (Å²) >= 11 is 0. The number of fused-ring (bicyclic) bond motifs is 1. The number of aromatic amines is 1. The molecule has 1 heterocycles. The average Bonchev–Trinajstić information content (AvgIpc) is 2.84. The highest BCUT2D eigenvalue weighted by Crippen LogP contribution is 2.17. The van der Waals surface area contributed by atoms with Crippen LogP contribution >= 0.6 is 0 Å². The van der Waals surface area contributed by atoms with E-state index < -0.39 is 0 Å². The zero-order valence-electron chi connectivity index (χ0n) is 10.7. The molecule has 4 nitrogen and oxygen atoms in total. The Morgan fingerprint density at radius 2 is 2.28 bits per heavy atom. The Bertz CT molecular complexity index is 533. The number of carbonyl (C=O) groups excluding carboxylic acids is 1. The van der Waals surface area contributed by atoms with Gasteiger partial charge < -0.3 is 15.0 Å². The lowest BCUT2D eigenvalue weighted by molar-refractivity contribution is 0.0695. The third-order valence-corrected chi connectivity index (χ3v) is 2.84. The van der Waals surface area contributed by atoms with Gasteiger partial charge in [0, 0.05) is 35.8 Å². The summed E-state index contributed by atoms with van der Waals surface area (Å²) in [6.07, 6.45) is 1.87. The molecule has 0 saturated heterocycles. The maximum atomic E-state index is 12.1. The van der Waals surface area contributed by atoms with Crippen LogP contribution in [0.4, 0.5) is 0 Å². The first kappa shape index (κ1) is 12.6. The van der Waals surface area contributed by atoms with Crippen LogP contribution < -0.4 is 5.32 Å². The topological polar surface area (TPSA) is 54.1 Å². The van der Waals surface area contributed by atoms with Crippen LogP contribution in [0.2, 0.25) is 0 Å². The maximum Gasteiger partial charge on any atom is 0.252 e. The second kappa shape index (κ2) is 5.69. The van der Waals surface area contributed by atoms with Crippen molar-refractivity contribution in [3.63, 3.8) is 0 Å². The Morgan fingerprint density at radius 3 is 3.06 bits per heavy atom. The number of nitrogens with one attached hydrogen (secondary N) is 2. The molecule has 0 spiro atoms. The summed E-state index contributed by atoms with van der Waals surface area (Å²) in [6, 6.07) is 7.57. The molecule has 0 aliphatic carbocycles. The number of H-pyrrole nitrogens is 1. The molecule has 2 N–H and O–H groups in total. The minimum absolute atomic E-state index is 0.0318. The maximum absolute atomic E-state index is 12.1. The predicted octanol–water partition coefficient (Wildman–Crippen LogP) is 2.32. The molecule has 0 aliphatic rings. The van der Waals surface area contributed by atoms with Crippen molar-refractivity contribution < 1.29 is 9.53 Å². The molecule has 1 aromatic heterocycles. The summed E-state index contributed by atoms with van der Waals surface area (Å²) in [4.78, 5) is 15.2. The Kier molecular flexibility index (Phi) is 3.99. The summed E-state index contributed by atoms with van der Waals surface area (Å²) in [7, 11) is 0. The first-order chi connectivity index (χ1) is 8.72. The highest BCUT2D eigenvalue weighted by molar-refractivity contribution is 6.06. The van der Waals surface area contributed by atoms with Crippen LogP contribution in [0.25, 0.3) is 10.9 Å². The van der Waals surface area contributed by atoms with E-state index in [1.807, 2.05) is 44.3 Å². The number of ether oxygens (including phenoxy) is 1. The molecule has 1 amide bonds. The summed E-state index contributed by atoms with van der Waals surface area (Å²) in [5, 5.41) is 3.83. The lowest BCUT2D eigenvalue weighted by Gasteiger charge is -2.12. The van der Waals surface area contributed by atoms with Gasteiger partial charge in [-0.05, 0) is 32.0 Å². The highest BCUT2D eigenvalue weighted by Gasteiger charge is 2.11. The van der Waals surface area contributed by atoms with Crippen molar-refractivity contribution in [2.45, 2.75) is 20.0 Å². The van der Waals surface area contributed by atoms with Crippen LogP contribution in [-0.2, 0) is 4.74 Å². The minimum atomic E-state index is -0.0632. The third-order valence-electron chi connectivity index (χ3n) is 2.84. The summed E-state index contributed by atoms with van der Waals surface area (Å²) in [6.45, 7) is 5.07. The number of carbonyl (C=O) groups is 1. The number of hydrogen-bond acceptors (Lipinski definition) is 2. The molecule has 0 saturated carbocycles. The molecule has 0 aliphatic heterocycles. The number of amides is 1.